The summed E-state index contributed by atoms with van der Waals surface area (Å²) < 4.78 is 0. The van der Waals surface area contributed by atoms with Crippen LogP contribution in [-0.4, -0.2) is 10.8 Å². The Bertz CT molecular complexity index is 940. The molecule has 2 aliphatic heterocycles. The van der Waals surface area contributed by atoms with Gasteiger partial charge in [0.1, 0.15) is 5.84 Å². The Morgan fingerprint density at radius 2 is 1.83 bits per heavy atom. The zero-order chi connectivity index (χ0) is 15.2. The number of amidine groups is 1. The van der Waals surface area contributed by atoms with Crippen LogP contribution in [0.5, 0.6) is 0 Å². The number of hydrogen-bond donors (Lipinski definition) is 0. The molecule has 119 valence electrons. The molecule has 0 fully saturated rings. The number of aromatic nitrogens is 1. The molecular formula is C19H11IrN3O-2. The number of hydrogen-bond acceptors (Lipinski definition) is 4. The van der Waals surface area contributed by atoms with Gasteiger partial charge in [0.05, 0.1) is 0 Å². The molecule has 5 heteroatoms. The standard InChI is InChI=1S/C19H11N3O.Ir/c1-2-4-18-16(3-1)15-6-5-14(13-7-9-20-10-8-13)11-17(15)19-21-23-12-22(18)19;/h1-3,5-12H;/q-2;. The van der Waals surface area contributed by atoms with E-state index in [1.807, 2.05) is 29.2 Å². The van der Waals surface area contributed by atoms with E-state index in [4.69, 9.17) is 4.84 Å². The van der Waals surface area contributed by atoms with Gasteiger partial charge in [-0.3, -0.25) is 4.98 Å². The second kappa shape index (κ2) is 5.86. The van der Waals surface area contributed by atoms with Gasteiger partial charge in [0.15, 0.2) is 0 Å². The van der Waals surface area contributed by atoms with Gasteiger partial charge in [-0.05, 0) is 36.1 Å². The Hall–Kier alpha value is -2.49. The minimum Gasteiger partial charge on any atom is -0.544 e. The number of anilines is 1. The molecule has 4 nitrogen and oxygen atoms in total. The SMILES string of the molecule is [Ir].[c-]1cccc2c1N1[CH-]ON=C1c1cc(-c3ccncc3)ccc1-2. The summed E-state index contributed by atoms with van der Waals surface area (Å²) in [5.74, 6) is 0.797. The third kappa shape index (κ3) is 2.17. The first-order valence-corrected chi connectivity index (χ1v) is 7.34. The summed E-state index contributed by atoms with van der Waals surface area (Å²) in [5.41, 5.74) is 6.55. The minimum absolute atomic E-state index is 0. The van der Waals surface area contributed by atoms with Gasteiger partial charge >= 0.3 is 0 Å². The Morgan fingerprint density at radius 3 is 2.71 bits per heavy atom. The largest absolute Gasteiger partial charge is 0.544 e. The Balaban J connectivity index is 0.00000146. The predicted molar refractivity (Wildman–Crippen MR) is 88.3 cm³/mol. The number of fused-ring (bicyclic) bond motifs is 6. The van der Waals surface area contributed by atoms with Crippen molar-refractivity contribution in [1.29, 1.82) is 0 Å². The first-order chi connectivity index (χ1) is 11.4. The van der Waals surface area contributed by atoms with Gasteiger partial charge in [0.2, 0.25) is 0 Å². The van der Waals surface area contributed by atoms with Gasteiger partial charge in [-0.25, -0.2) is 0 Å². The Kier molecular flexibility index (Phi) is 3.68. The van der Waals surface area contributed by atoms with E-state index in [-0.39, 0.29) is 20.1 Å². The van der Waals surface area contributed by atoms with Crippen LogP contribution in [-0.2, 0) is 24.9 Å². The quantitative estimate of drug-likeness (QED) is 0.488. The fourth-order valence-corrected chi connectivity index (χ4v) is 3.08. The van der Waals surface area contributed by atoms with Crippen LogP contribution in [0.2, 0.25) is 0 Å². The van der Waals surface area contributed by atoms with Gasteiger partial charge < -0.3 is 9.74 Å². The average molecular weight is 490 g/mol. The molecule has 3 aromatic rings. The van der Waals surface area contributed by atoms with E-state index in [0.717, 1.165) is 39.3 Å². The zero-order valence-corrected chi connectivity index (χ0v) is 14.8. The smallest absolute Gasteiger partial charge is 0.148 e. The van der Waals surface area contributed by atoms with Crippen molar-refractivity contribution in [2.45, 2.75) is 0 Å². The van der Waals surface area contributed by atoms with Crippen LogP contribution in [0.4, 0.5) is 5.69 Å². The maximum absolute atomic E-state index is 5.21. The predicted octanol–water partition coefficient (Wildman–Crippen LogP) is 3.84. The fraction of sp³-hybridized carbons (Fsp3) is 0. The van der Waals surface area contributed by atoms with Crippen molar-refractivity contribution >= 4 is 11.5 Å². The summed E-state index contributed by atoms with van der Waals surface area (Å²) >= 11 is 0. The van der Waals surface area contributed by atoms with Gasteiger partial charge in [0, 0.05) is 38.1 Å². The normalized spacial score (nSPS) is 13.8. The molecule has 0 amide bonds. The van der Waals surface area contributed by atoms with E-state index >= 15 is 0 Å². The molecule has 5 rings (SSSR count). The molecule has 0 saturated carbocycles. The van der Waals surface area contributed by atoms with Crippen molar-refractivity contribution in [2.75, 3.05) is 4.90 Å². The first kappa shape index (κ1) is 15.1. The van der Waals surface area contributed by atoms with Crippen molar-refractivity contribution in [3.63, 3.8) is 0 Å². The van der Waals surface area contributed by atoms with Crippen molar-refractivity contribution in [3.05, 3.63) is 79.3 Å². The molecule has 0 unspecified atom stereocenters. The van der Waals surface area contributed by atoms with Crippen LogP contribution in [0, 0.1) is 12.8 Å². The maximum atomic E-state index is 5.21. The van der Waals surface area contributed by atoms with E-state index in [1.165, 1.54) is 0 Å². The molecule has 2 aliphatic rings. The van der Waals surface area contributed by atoms with Crippen molar-refractivity contribution in [2.24, 2.45) is 5.16 Å². The summed E-state index contributed by atoms with van der Waals surface area (Å²) in [6.07, 6.45) is 3.60. The van der Waals surface area contributed by atoms with Gasteiger partial charge in [-0.2, -0.15) is 24.3 Å². The molecular weight excluding hydrogens is 478 g/mol. The van der Waals surface area contributed by atoms with E-state index in [0.29, 0.717) is 0 Å². The topological polar surface area (TPSA) is 37.7 Å². The number of rotatable bonds is 1. The fourth-order valence-electron chi connectivity index (χ4n) is 3.08. The van der Waals surface area contributed by atoms with E-state index in [1.54, 1.807) is 19.1 Å². The first-order valence-electron chi connectivity index (χ1n) is 7.34. The zero-order valence-electron chi connectivity index (χ0n) is 12.4. The molecule has 0 bridgehead atoms. The molecule has 1 aromatic heterocycles. The van der Waals surface area contributed by atoms with Crippen molar-refractivity contribution in [3.8, 4) is 22.3 Å². The summed E-state index contributed by atoms with van der Waals surface area (Å²) in [7, 11) is 0. The molecule has 0 aliphatic carbocycles. The third-order valence-corrected chi connectivity index (χ3v) is 4.16. The van der Waals surface area contributed by atoms with E-state index in [9.17, 15) is 0 Å². The molecule has 3 heterocycles. The van der Waals surface area contributed by atoms with Gasteiger partial charge in [-0.1, -0.05) is 23.4 Å². The van der Waals surface area contributed by atoms with E-state index in [2.05, 4.69) is 40.5 Å². The summed E-state index contributed by atoms with van der Waals surface area (Å²) in [6.45, 7) is 1.62. The number of pyridine rings is 1. The molecule has 1 radical (unpaired) electrons. The Labute approximate surface area is 153 Å². The van der Waals surface area contributed by atoms with Crippen molar-refractivity contribution in [1.82, 2.24) is 4.98 Å². The third-order valence-electron chi connectivity index (χ3n) is 4.16. The van der Waals surface area contributed by atoms with Crippen LogP contribution in [0.3, 0.4) is 0 Å². The minimum atomic E-state index is 0. The van der Waals surface area contributed by atoms with Gasteiger partial charge in [0.25, 0.3) is 0 Å². The summed E-state index contributed by atoms with van der Waals surface area (Å²) in [6, 6.07) is 19.7. The van der Waals surface area contributed by atoms with Crippen LogP contribution in [0.1, 0.15) is 5.56 Å². The number of oxime groups is 1. The maximum Gasteiger partial charge on any atom is 0.148 e. The second-order valence-corrected chi connectivity index (χ2v) is 5.42. The molecule has 2 aromatic carbocycles. The summed E-state index contributed by atoms with van der Waals surface area (Å²) in [4.78, 5) is 11.2. The number of benzene rings is 2. The van der Waals surface area contributed by atoms with Crippen LogP contribution in [0.15, 0.2) is 66.1 Å². The van der Waals surface area contributed by atoms with Crippen LogP contribution >= 0.6 is 0 Å². The van der Waals surface area contributed by atoms with Crippen LogP contribution in [0.25, 0.3) is 22.3 Å². The monoisotopic (exact) mass is 490 g/mol. The average Bonchev–Trinajstić information content (AvgIpc) is 3.12. The Morgan fingerprint density at radius 1 is 0.958 bits per heavy atom. The molecule has 24 heavy (non-hydrogen) atoms. The number of para-hydroxylation sites is 1. The summed E-state index contributed by atoms with van der Waals surface area (Å²) in [5, 5.41) is 4.19. The van der Waals surface area contributed by atoms with Crippen LogP contribution < -0.4 is 4.90 Å². The molecule has 0 atom stereocenters. The van der Waals surface area contributed by atoms with Gasteiger partial charge in [-0.15, -0.1) is 10.7 Å². The molecule has 0 N–H and O–H groups in total. The number of nitrogens with zero attached hydrogens (tertiary/aromatic N) is 3. The van der Waals surface area contributed by atoms with Crippen molar-refractivity contribution < 1.29 is 24.9 Å². The molecule has 0 spiro atoms. The second-order valence-electron chi connectivity index (χ2n) is 5.42. The molecule has 0 saturated heterocycles. The van der Waals surface area contributed by atoms with E-state index < -0.39 is 0 Å².